The van der Waals surface area contributed by atoms with Gasteiger partial charge in [0.05, 0.1) is 4.90 Å². The molecule has 0 atom stereocenters. The average Bonchev–Trinajstić information content (AvgIpc) is 2.80. The van der Waals surface area contributed by atoms with E-state index < -0.39 is 10.0 Å². The molecule has 0 spiro atoms. The largest absolute Gasteiger partial charge is 0.487 e. The van der Waals surface area contributed by atoms with Crippen LogP contribution in [0.1, 0.15) is 47.9 Å². The highest BCUT2D eigenvalue weighted by molar-refractivity contribution is 7.89. The summed E-state index contributed by atoms with van der Waals surface area (Å²) in [5.74, 6) is 0.00854. The van der Waals surface area contributed by atoms with Gasteiger partial charge in [0.15, 0.2) is 11.6 Å². The van der Waals surface area contributed by atoms with Crippen LogP contribution in [-0.2, 0) is 10.0 Å². The van der Waals surface area contributed by atoms with Crippen molar-refractivity contribution in [3.63, 3.8) is 0 Å². The number of piperidine rings is 2. The molecule has 0 amide bonds. The molecule has 2 aliphatic rings. The SMILES string of the molecule is Cc1cc(C)c(C)c(S(=O)(=O)N2CCC(N3CCC(Oc4ccccc4F)CC3)CC2)c1C. The Balaban J connectivity index is 1.35. The zero-order chi connectivity index (χ0) is 23.8. The van der Waals surface area contributed by atoms with Gasteiger partial charge >= 0.3 is 0 Å². The lowest BCUT2D eigenvalue weighted by Gasteiger charge is -2.41. The second-order valence-corrected chi connectivity index (χ2v) is 11.4. The maximum atomic E-state index is 13.9. The highest BCUT2D eigenvalue weighted by Gasteiger charge is 2.35. The van der Waals surface area contributed by atoms with E-state index in [1.807, 2.05) is 27.7 Å². The number of aryl methyl sites for hydroxylation is 2. The first-order valence-corrected chi connectivity index (χ1v) is 13.3. The molecule has 2 aliphatic heterocycles. The molecule has 7 heteroatoms. The standard InChI is InChI=1S/C26H35FN2O3S/c1-18-17-19(2)21(4)26(20(18)3)33(30,31)29-15-9-22(10-16-29)28-13-11-23(12-14-28)32-25-8-6-5-7-24(25)27/h5-8,17,22-23H,9-16H2,1-4H3. The van der Waals surface area contributed by atoms with Crippen LogP contribution in [0.2, 0.25) is 0 Å². The fourth-order valence-electron chi connectivity index (χ4n) is 5.22. The Labute approximate surface area is 197 Å². The molecule has 0 bridgehead atoms. The first-order chi connectivity index (χ1) is 15.7. The Morgan fingerprint density at radius 1 is 0.879 bits per heavy atom. The van der Waals surface area contributed by atoms with Crippen LogP contribution in [0.5, 0.6) is 5.75 Å². The number of halogens is 1. The molecule has 2 aromatic carbocycles. The van der Waals surface area contributed by atoms with Crippen LogP contribution in [0.4, 0.5) is 4.39 Å². The van der Waals surface area contributed by atoms with Crippen LogP contribution in [0.25, 0.3) is 0 Å². The zero-order valence-corrected chi connectivity index (χ0v) is 20.9. The monoisotopic (exact) mass is 474 g/mol. The fourth-order valence-corrected chi connectivity index (χ4v) is 7.27. The first kappa shape index (κ1) is 24.2. The van der Waals surface area contributed by atoms with E-state index in [4.69, 9.17) is 4.74 Å². The van der Waals surface area contributed by atoms with Crippen molar-refractivity contribution in [1.82, 2.24) is 9.21 Å². The van der Waals surface area contributed by atoms with E-state index in [0.29, 0.717) is 29.8 Å². The van der Waals surface area contributed by atoms with Crippen molar-refractivity contribution in [2.75, 3.05) is 26.2 Å². The van der Waals surface area contributed by atoms with Gasteiger partial charge < -0.3 is 9.64 Å². The second kappa shape index (κ2) is 9.72. The Kier molecular flexibility index (Phi) is 7.12. The molecule has 2 aromatic rings. The molecule has 0 unspecified atom stereocenters. The van der Waals surface area contributed by atoms with Crippen molar-refractivity contribution in [2.24, 2.45) is 0 Å². The Morgan fingerprint density at radius 3 is 2.03 bits per heavy atom. The van der Waals surface area contributed by atoms with Crippen LogP contribution in [0.3, 0.4) is 0 Å². The van der Waals surface area contributed by atoms with Crippen molar-refractivity contribution in [1.29, 1.82) is 0 Å². The minimum Gasteiger partial charge on any atom is -0.487 e. The smallest absolute Gasteiger partial charge is 0.243 e. The molecule has 2 fully saturated rings. The van der Waals surface area contributed by atoms with Gasteiger partial charge in [0.2, 0.25) is 10.0 Å². The molecular weight excluding hydrogens is 439 g/mol. The number of hydrogen-bond acceptors (Lipinski definition) is 4. The van der Waals surface area contributed by atoms with E-state index in [9.17, 15) is 12.8 Å². The molecular formula is C26H35FN2O3S. The van der Waals surface area contributed by atoms with Crippen LogP contribution in [-0.4, -0.2) is 55.9 Å². The van der Waals surface area contributed by atoms with Gasteiger partial charge in [-0.15, -0.1) is 0 Å². The van der Waals surface area contributed by atoms with Crippen molar-refractivity contribution in [3.05, 3.63) is 58.4 Å². The summed E-state index contributed by atoms with van der Waals surface area (Å²) >= 11 is 0. The number of nitrogens with zero attached hydrogens (tertiary/aromatic N) is 2. The predicted octanol–water partition coefficient (Wildman–Crippen LogP) is 4.76. The van der Waals surface area contributed by atoms with E-state index >= 15 is 0 Å². The van der Waals surface area contributed by atoms with Crippen molar-refractivity contribution in [3.8, 4) is 5.75 Å². The summed E-state index contributed by atoms with van der Waals surface area (Å²) in [6.45, 7) is 10.7. The zero-order valence-electron chi connectivity index (χ0n) is 20.1. The summed E-state index contributed by atoms with van der Waals surface area (Å²) in [5.41, 5.74) is 3.76. The molecule has 0 radical (unpaired) electrons. The quantitative estimate of drug-likeness (QED) is 0.627. The first-order valence-electron chi connectivity index (χ1n) is 11.9. The third-order valence-corrected chi connectivity index (χ3v) is 9.62. The molecule has 180 valence electrons. The normalized spacial score (nSPS) is 19.7. The highest BCUT2D eigenvalue weighted by atomic mass is 32.2. The van der Waals surface area contributed by atoms with Gasteiger partial charge in [-0.05, 0) is 87.8 Å². The third-order valence-electron chi connectivity index (χ3n) is 7.44. The van der Waals surface area contributed by atoms with Gasteiger partial charge in [-0.2, -0.15) is 4.31 Å². The van der Waals surface area contributed by atoms with E-state index in [1.54, 1.807) is 22.5 Å². The summed E-state index contributed by atoms with van der Waals surface area (Å²) in [5, 5.41) is 0. The van der Waals surface area contributed by atoms with Gasteiger partial charge in [-0.1, -0.05) is 18.2 Å². The molecule has 0 N–H and O–H groups in total. The number of benzene rings is 2. The van der Waals surface area contributed by atoms with Gasteiger partial charge in [0.25, 0.3) is 0 Å². The number of sulfonamides is 1. The van der Waals surface area contributed by atoms with Crippen LogP contribution >= 0.6 is 0 Å². The molecule has 0 aliphatic carbocycles. The van der Waals surface area contributed by atoms with Gasteiger partial charge in [0.1, 0.15) is 6.10 Å². The van der Waals surface area contributed by atoms with Crippen LogP contribution in [0.15, 0.2) is 35.2 Å². The summed E-state index contributed by atoms with van der Waals surface area (Å²) in [6.07, 6.45) is 3.40. The van der Waals surface area contributed by atoms with Crippen molar-refractivity contribution in [2.45, 2.75) is 70.4 Å². The maximum Gasteiger partial charge on any atom is 0.243 e. The number of ether oxygens (including phenoxy) is 1. The van der Waals surface area contributed by atoms with Crippen molar-refractivity contribution >= 4 is 10.0 Å². The molecule has 5 nitrogen and oxygen atoms in total. The molecule has 0 aromatic heterocycles. The minimum absolute atomic E-state index is 0.0223. The Bertz CT molecular complexity index is 1080. The molecule has 4 rings (SSSR count). The lowest BCUT2D eigenvalue weighted by Crippen LogP contribution is -2.50. The summed E-state index contributed by atoms with van der Waals surface area (Å²) in [4.78, 5) is 2.95. The van der Waals surface area contributed by atoms with E-state index in [0.717, 1.165) is 61.0 Å². The van der Waals surface area contributed by atoms with E-state index in [-0.39, 0.29) is 11.9 Å². The number of hydrogen-bond donors (Lipinski definition) is 0. The second-order valence-electron chi connectivity index (χ2n) is 9.51. The number of likely N-dealkylation sites (tertiary alicyclic amines) is 1. The molecule has 33 heavy (non-hydrogen) atoms. The summed E-state index contributed by atoms with van der Waals surface area (Å²) < 4.78 is 48.5. The predicted molar refractivity (Wildman–Crippen MR) is 129 cm³/mol. The van der Waals surface area contributed by atoms with Gasteiger partial charge in [-0.25, -0.2) is 12.8 Å². The van der Waals surface area contributed by atoms with E-state index in [1.165, 1.54) is 6.07 Å². The van der Waals surface area contributed by atoms with Gasteiger partial charge in [0, 0.05) is 32.2 Å². The lowest BCUT2D eigenvalue weighted by atomic mass is 10.00. The van der Waals surface area contributed by atoms with E-state index in [2.05, 4.69) is 11.0 Å². The van der Waals surface area contributed by atoms with Crippen LogP contribution in [0, 0.1) is 33.5 Å². The van der Waals surface area contributed by atoms with Gasteiger partial charge in [-0.3, -0.25) is 0 Å². The number of para-hydroxylation sites is 1. The fraction of sp³-hybridized carbons (Fsp3) is 0.538. The minimum atomic E-state index is -3.51. The summed E-state index contributed by atoms with van der Waals surface area (Å²) in [6, 6.07) is 9.00. The maximum absolute atomic E-state index is 13.9. The lowest BCUT2D eigenvalue weighted by molar-refractivity contribution is 0.0567. The average molecular weight is 475 g/mol. The van der Waals surface area contributed by atoms with Crippen molar-refractivity contribution < 1.29 is 17.5 Å². The molecule has 2 saturated heterocycles. The molecule has 2 heterocycles. The third kappa shape index (κ3) is 4.96. The molecule has 0 saturated carbocycles. The Hall–Kier alpha value is -1.96. The Morgan fingerprint density at radius 2 is 1.45 bits per heavy atom. The number of rotatable bonds is 5. The highest BCUT2D eigenvalue weighted by Crippen LogP contribution is 2.31. The topological polar surface area (TPSA) is 49.9 Å². The van der Waals surface area contributed by atoms with Crippen LogP contribution < -0.4 is 4.74 Å². The summed E-state index contributed by atoms with van der Waals surface area (Å²) in [7, 11) is -3.51.